The number of aromatic nitrogens is 3. The first-order valence-corrected chi connectivity index (χ1v) is 7.57. The van der Waals surface area contributed by atoms with Crippen LogP contribution >= 0.6 is 0 Å². The van der Waals surface area contributed by atoms with E-state index in [0.717, 1.165) is 19.4 Å². The molecular weight excluding hydrogens is 278 g/mol. The Kier molecular flexibility index (Phi) is 4.09. The van der Waals surface area contributed by atoms with Crippen LogP contribution in [0.2, 0.25) is 0 Å². The summed E-state index contributed by atoms with van der Waals surface area (Å²) in [4.78, 5) is 21.0. The molecule has 0 aromatic carbocycles. The molecule has 3 rings (SSSR count). The van der Waals surface area contributed by atoms with E-state index in [1.165, 1.54) is 0 Å². The number of pyridine rings is 1. The Bertz CT molecular complexity index is 638. The Morgan fingerprint density at radius 1 is 1.32 bits per heavy atom. The first-order valence-electron chi connectivity index (χ1n) is 7.57. The number of nitrogens with zero attached hydrogens (tertiary/aromatic N) is 5. The maximum absolute atomic E-state index is 12.9. The molecule has 3 heterocycles. The van der Waals surface area contributed by atoms with Gasteiger partial charge in [-0.25, -0.2) is 4.98 Å². The van der Waals surface area contributed by atoms with Gasteiger partial charge in [0, 0.05) is 45.8 Å². The average Bonchev–Trinajstić information content (AvgIpc) is 3.09. The molecular formula is C16H21N5O. The van der Waals surface area contributed by atoms with Crippen molar-refractivity contribution in [3.05, 3.63) is 42.4 Å². The second-order valence-corrected chi connectivity index (χ2v) is 5.80. The molecule has 0 N–H and O–H groups in total. The number of likely N-dealkylation sites (tertiary alicyclic amines) is 1. The molecule has 1 fully saturated rings. The number of anilines is 1. The van der Waals surface area contributed by atoms with Crippen LogP contribution in [0.5, 0.6) is 0 Å². The third-order valence-electron chi connectivity index (χ3n) is 4.02. The highest BCUT2D eigenvalue weighted by atomic mass is 16.2. The lowest BCUT2D eigenvalue weighted by Crippen LogP contribution is -2.41. The summed E-state index contributed by atoms with van der Waals surface area (Å²) in [6.45, 7) is 1.49. The number of amides is 1. The van der Waals surface area contributed by atoms with Crippen LogP contribution in [0.4, 0.5) is 5.82 Å². The number of carbonyl (C=O) groups is 1. The molecule has 1 saturated heterocycles. The molecule has 6 nitrogen and oxygen atoms in total. The van der Waals surface area contributed by atoms with E-state index >= 15 is 0 Å². The van der Waals surface area contributed by atoms with Gasteiger partial charge in [0.1, 0.15) is 5.82 Å². The van der Waals surface area contributed by atoms with Crippen LogP contribution < -0.4 is 4.90 Å². The Hall–Kier alpha value is -2.37. The van der Waals surface area contributed by atoms with Crippen LogP contribution in [0.25, 0.3) is 0 Å². The Morgan fingerprint density at radius 3 is 2.91 bits per heavy atom. The third-order valence-corrected chi connectivity index (χ3v) is 4.02. The van der Waals surface area contributed by atoms with Crippen molar-refractivity contribution < 1.29 is 4.79 Å². The van der Waals surface area contributed by atoms with Crippen molar-refractivity contribution >= 4 is 11.7 Å². The van der Waals surface area contributed by atoms with Crippen LogP contribution in [-0.4, -0.2) is 52.8 Å². The summed E-state index contributed by atoms with van der Waals surface area (Å²) in [7, 11) is 3.81. The van der Waals surface area contributed by atoms with E-state index in [-0.39, 0.29) is 11.9 Å². The zero-order valence-electron chi connectivity index (χ0n) is 13.0. The van der Waals surface area contributed by atoms with Gasteiger partial charge in [0.05, 0.1) is 11.6 Å². The molecule has 2 aromatic rings. The maximum atomic E-state index is 12.9. The minimum atomic E-state index is 0.0497. The van der Waals surface area contributed by atoms with E-state index in [9.17, 15) is 4.79 Å². The predicted molar refractivity (Wildman–Crippen MR) is 85.0 cm³/mol. The van der Waals surface area contributed by atoms with E-state index in [4.69, 9.17) is 0 Å². The Morgan fingerprint density at radius 2 is 2.18 bits per heavy atom. The maximum Gasteiger partial charge on any atom is 0.257 e. The number of carbonyl (C=O) groups excluding carboxylic acids is 1. The summed E-state index contributed by atoms with van der Waals surface area (Å²) in [5, 5.41) is 4.31. The summed E-state index contributed by atoms with van der Waals surface area (Å²) < 4.78 is 1.95. The first-order chi connectivity index (χ1) is 10.7. The second-order valence-electron chi connectivity index (χ2n) is 5.80. The monoisotopic (exact) mass is 299 g/mol. The van der Waals surface area contributed by atoms with E-state index in [1.807, 2.05) is 53.0 Å². The van der Waals surface area contributed by atoms with Crippen molar-refractivity contribution in [2.45, 2.75) is 18.9 Å². The van der Waals surface area contributed by atoms with Gasteiger partial charge in [-0.3, -0.25) is 9.48 Å². The minimum Gasteiger partial charge on any atom is -0.362 e. The zero-order chi connectivity index (χ0) is 15.5. The summed E-state index contributed by atoms with van der Waals surface area (Å²) in [5.74, 6) is 0.766. The first kappa shape index (κ1) is 14.6. The van der Waals surface area contributed by atoms with Gasteiger partial charge < -0.3 is 9.80 Å². The van der Waals surface area contributed by atoms with Crippen molar-refractivity contribution in [3.8, 4) is 0 Å². The standard InChI is InChI=1S/C16H21N5O/c1-19(2)15-14(7-3-8-17-15)16(22)20-10-4-6-13(12-20)21-11-5-9-18-21/h3,5,7-9,11,13H,4,6,10,12H2,1-2H3. The molecule has 0 spiro atoms. The highest BCUT2D eigenvalue weighted by molar-refractivity contribution is 5.98. The fourth-order valence-electron chi connectivity index (χ4n) is 2.94. The molecule has 1 aliphatic rings. The van der Waals surface area contributed by atoms with Crippen LogP contribution in [0.3, 0.4) is 0 Å². The fourth-order valence-corrected chi connectivity index (χ4v) is 2.94. The van der Waals surface area contributed by atoms with Gasteiger partial charge in [0.15, 0.2) is 0 Å². The molecule has 0 bridgehead atoms. The lowest BCUT2D eigenvalue weighted by Gasteiger charge is -2.33. The van der Waals surface area contributed by atoms with E-state index in [1.54, 1.807) is 12.4 Å². The normalized spacial score (nSPS) is 18.3. The molecule has 0 saturated carbocycles. The molecule has 0 radical (unpaired) electrons. The summed E-state index contributed by atoms with van der Waals surface area (Å²) in [6.07, 6.45) is 7.52. The van der Waals surface area contributed by atoms with Crippen molar-refractivity contribution in [1.82, 2.24) is 19.7 Å². The molecule has 1 amide bonds. The van der Waals surface area contributed by atoms with Gasteiger partial charge in [0.25, 0.3) is 5.91 Å². The molecule has 116 valence electrons. The average molecular weight is 299 g/mol. The van der Waals surface area contributed by atoms with Crippen molar-refractivity contribution in [1.29, 1.82) is 0 Å². The van der Waals surface area contributed by atoms with Gasteiger partial charge in [-0.05, 0) is 31.0 Å². The van der Waals surface area contributed by atoms with Gasteiger partial charge in [-0.15, -0.1) is 0 Å². The van der Waals surface area contributed by atoms with E-state index in [0.29, 0.717) is 17.9 Å². The molecule has 1 atom stereocenters. The molecule has 0 aliphatic carbocycles. The van der Waals surface area contributed by atoms with Crippen molar-refractivity contribution in [2.24, 2.45) is 0 Å². The topological polar surface area (TPSA) is 54.3 Å². The smallest absolute Gasteiger partial charge is 0.257 e. The van der Waals surface area contributed by atoms with Gasteiger partial charge in [-0.1, -0.05) is 0 Å². The second kappa shape index (κ2) is 6.17. The number of piperidine rings is 1. The zero-order valence-corrected chi connectivity index (χ0v) is 13.0. The molecule has 1 unspecified atom stereocenters. The van der Waals surface area contributed by atoms with Crippen LogP contribution in [0.15, 0.2) is 36.8 Å². The molecule has 1 aliphatic heterocycles. The molecule has 6 heteroatoms. The number of rotatable bonds is 3. The van der Waals surface area contributed by atoms with Gasteiger partial charge >= 0.3 is 0 Å². The van der Waals surface area contributed by atoms with Crippen LogP contribution in [0, 0.1) is 0 Å². The van der Waals surface area contributed by atoms with Crippen molar-refractivity contribution in [3.63, 3.8) is 0 Å². The SMILES string of the molecule is CN(C)c1ncccc1C(=O)N1CCCC(n2cccn2)C1. The summed E-state index contributed by atoms with van der Waals surface area (Å²) in [5.41, 5.74) is 0.661. The highest BCUT2D eigenvalue weighted by Crippen LogP contribution is 2.24. The minimum absolute atomic E-state index is 0.0497. The summed E-state index contributed by atoms with van der Waals surface area (Å²) >= 11 is 0. The van der Waals surface area contributed by atoms with E-state index < -0.39 is 0 Å². The van der Waals surface area contributed by atoms with Crippen molar-refractivity contribution in [2.75, 3.05) is 32.1 Å². The number of hydrogen-bond donors (Lipinski definition) is 0. The Labute approximate surface area is 130 Å². The predicted octanol–water partition coefficient (Wildman–Crippen LogP) is 1.82. The summed E-state index contributed by atoms with van der Waals surface area (Å²) in [6, 6.07) is 5.84. The Balaban J connectivity index is 1.80. The van der Waals surface area contributed by atoms with Gasteiger partial charge in [-0.2, -0.15) is 5.10 Å². The molecule has 22 heavy (non-hydrogen) atoms. The lowest BCUT2D eigenvalue weighted by molar-refractivity contribution is 0.0673. The highest BCUT2D eigenvalue weighted by Gasteiger charge is 2.27. The molecule has 2 aromatic heterocycles. The van der Waals surface area contributed by atoms with Gasteiger partial charge in [0.2, 0.25) is 0 Å². The van der Waals surface area contributed by atoms with Crippen LogP contribution in [-0.2, 0) is 0 Å². The van der Waals surface area contributed by atoms with E-state index in [2.05, 4.69) is 10.1 Å². The third kappa shape index (κ3) is 2.81. The number of hydrogen-bond acceptors (Lipinski definition) is 4. The largest absolute Gasteiger partial charge is 0.362 e. The lowest BCUT2D eigenvalue weighted by atomic mass is 10.0. The fraction of sp³-hybridized carbons (Fsp3) is 0.438. The van der Waals surface area contributed by atoms with Crippen LogP contribution in [0.1, 0.15) is 29.2 Å². The quantitative estimate of drug-likeness (QED) is 0.867.